The highest BCUT2D eigenvalue weighted by atomic mass is 16.3. The molecule has 0 saturated carbocycles. The lowest BCUT2D eigenvalue weighted by molar-refractivity contribution is 0.0590. The minimum Gasteiger partial charge on any atom is -0.459 e. The maximum absolute atomic E-state index is 13.0. The number of rotatable bonds is 7. The van der Waals surface area contributed by atoms with Crippen molar-refractivity contribution < 1.29 is 9.21 Å². The normalized spacial score (nSPS) is 12.3. The average Bonchev–Trinajstić information content (AvgIpc) is 3.31. The third-order valence-corrected chi connectivity index (χ3v) is 4.90. The van der Waals surface area contributed by atoms with E-state index in [9.17, 15) is 4.79 Å². The fourth-order valence-electron chi connectivity index (χ4n) is 3.00. The molecule has 1 amide bonds. The Morgan fingerprint density at radius 2 is 1.81 bits per heavy atom. The topological polar surface area (TPSA) is 38.4 Å². The van der Waals surface area contributed by atoms with Gasteiger partial charge in [0.25, 0.3) is 5.91 Å². The summed E-state index contributed by atoms with van der Waals surface area (Å²) in [4.78, 5) is 14.9. The molecule has 26 heavy (non-hydrogen) atoms. The van der Waals surface area contributed by atoms with Gasteiger partial charge in [-0.15, -0.1) is 0 Å². The van der Waals surface area contributed by atoms with Gasteiger partial charge in [-0.25, -0.2) is 0 Å². The quantitative estimate of drug-likeness (QED) is 0.613. The van der Waals surface area contributed by atoms with Crippen molar-refractivity contribution in [3.05, 3.63) is 84.1 Å². The molecule has 0 saturated heterocycles. The van der Waals surface area contributed by atoms with E-state index < -0.39 is 0 Å². The van der Waals surface area contributed by atoms with Gasteiger partial charge in [0.05, 0.1) is 12.8 Å². The van der Waals surface area contributed by atoms with Gasteiger partial charge in [0.2, 0.25) is 0 Å². The molecule has 3 aromatic rings. The van der Waals surface area contributed by atoms with Crippen molar-refractivity contribution in [3.8, 4) is 0 Å². The second kappa shape index (κ2) is 8.09. The van der Waals surface area contributed by atoms with E-state index >= 15 is 0 Å². The summed E-state index contributed by atoms with van der Waals surface area (Å²) in [6.07, 6.45) is 3.61. The third kappa shape index (κ3) is 4.07. The largest absolute Gasteiger partial charge is 0.459 e. The van der Waals surface area contributed by atoms with Gasteiger partial charge in [0.1, 0.15) is 0 Å². The van der Waals surface area contributed by atoms with Crippen LogP contribution in [0, 0.1) is 5.92 Å². The Labute approximate surface area is 155 Å². The second-order valence-electron chi connectivity index (χ2n) is 7.01. The molecule has 0 radical (unpaired) electrons. The number of amides is 1. The first-order valence-corrected chi connectivity index (χ1v) is 9.08. The molecule has 4 nitrogen and oxygen atoms in total. The maximum atomic E-state index is 13.0. The van der Waals surface area contributed by atoms with Crippen molar-refractivity contribution >= 4 is 5.91 Å². The van der Waals surface area contributed by atoms with Gasteiger partial charge in [-0.2, -0.15) is 0 Å². The summed E-state index contributed by atoms with van der Waals surface area (Å²) in [6, 6.07) is 18.1. The first-order valence-electron chi connectivity index (χ1n) is 9.08. The maximum Gasteiger partial charge on any atom is 0.290 e. The molecule has 0 N–H and O–H groups in total. The predicted octanol–water partition coefficient (Wildman–Crippen LogP) is 4.82. The number of hydrogen-bond acceptors (Lipinski definition) is 2. The zero-order valence-corrected chi connectivity index (χ0v) is 15.6. The SMILES string of the molecule is CC(C)C(C)N(Cc1cccn1Cc1ccccc1)C(=O)c1ccco1. The molecule has 2 aromatic heterocycles. The molecule has 1 atom stereocenters. The Balaban J connectivity index is 1.83. The van der Waals surface area contributed by atoms with Crippen LogP contribution in [0.1, 0.15) is 42.6 Å². The van der Waals surface area contributed by atoms with E-state index in [4.69, 9.17) is 4.42 Å². The minimum absolute atomic E-state index is 0.0661. The van der Waals surface area contributed by atoms with Gasteiger partial charge in [-0.3, -0.25) is 4.79 Å². The Morgan fingerprint density at radius 3 is 2.46 bits per heavy atom. The van der Waals surface area contributed by atoms with Crippen LogP contribution in [-0.4, -0.2) is 21.4 Å². The number of benzene rings is 1. The Bertz CT molecular complexity index is 819. The van der Waals surface area contributed by atoms with Crippen molar-refractivity contribution in [2.75, 3.05) is 0 Å². The molecule has 0 aliphatic heterocycles. The van der Waals surface area contributed by atoms with Crippen LogP contribution < -0.4 is 0 Å². The van der Waals surface area contributed by atoms with Crippen LogP contribution in [0.25, 0.3) is 0 Å². The van der Waals surface area contributed by atoms with E-state index in [0.29, 0.717) is 18.2 Å². The van der Waals surface area contributed by atoms with Crippen LogP contribution in [0.3, 0.4) is 0 Å². The van der Waals surface area contributed by atoms with Crippen molar-refractivity contribution in [1.29, 1.82) is 0 Å². The number of carbonyl (C=O) groups is 1. The standard InChI is InChI=1S/C22H26N2O2/c1-17(2)18(3)24(22(25)21-12-8-14-26-21)16-20-11-7-13-23(20)15-19-9-5-4-6-10-19/h4-14,17-18H,15-16H2,1-3H3. The van der Waals surface area contributed by atoms with E-state index in [1.54, 1.807) is 18.4 Å². The zero-order valence-electron chi connectivity index (χ0n) is 15.6. The first kappa shape index (κ1) is 18.1. The Kier molecular flexibility index (Phi) is 5.61. The van der Waals surface area contributed by atoms with Crippen LogP contribution >= 0.6 is 0 Å². The van der Waals surface area contributed by atoms with E-state index in [0.717, 1.165) is 12.2 Å². The number of aromatic nitrogens is 1. The van der Waals surface area contributed by atoms with E-state index in [1.807, 2.05) is 29.2 Å². The van der Waals surface area contributed by atoms with Crippen molar-refractivity contribution in [2.24, 2.45) is 5.92 Å². The van der Waals surface area contributed by atoms with Crippen LogP contribution in [0.5, 0.6) is 0 Å². The molecule has 4 heteroatoms. The molecule has 3 rings (SSSR count). The highest BCUT2D eigenvalue weighted by molar-refractivity contribution is 5.91. The molecule has 0 aliphatic carbocycles. The summed E-state index contributed by atoms with van der Waals surface area (Å²) in [7, 11) is 0. The van der Waals surface area contributed by atoms with E-state index in [1.165, 1.54) is 5.56 Å². The van der Waals surface area contributed by atoms with Gasteiger partial charge in [-0.1, -0.05) is 44.2 Å². The highest BCUT2D eigenvalue weighted by Gasteiger charge is 2.26. The fourth-order valence-corrected chi connectivity index (χ4v) is 3.00. The van der Waals surface area contributed by atoms with Crippen molar-refractivity contribution in [1.82, 2.24) is 9.47 Å². The summed E-state index contributed by atoms with van der Waals surface area (Å²) < 4.78 is 7.55. The summed E-state index contributed by atoms with van der Waals surface area (Å²) in [5, 5.41) is 0. The molecule has 0 spiro atoms. The smallest absolute Gasteiger partial charge is 0.290 e. The fraction of sp³-hybridized carbons (Fsp3) is 0.318. The molecule has 0 fully saturated rings. The summed E-state index contributed by atoms with van der Waals surface area (Å²) in [5.74, 6) is 0.675. The predicted molar refractivity (Wildman–Crippen MR) is 103 cm³/mol. The van der Waals surface area contributed by atoms with Gasteiger partial charge in [-0.05, 0) is 42.7 Å². The van der Waals surface area contributed by atoms with Gasteiger partial charge in [0, 0.05) is 24.5 Å². The average molecular weight is 350 g/mol. The van der Waals surface area contributed by atoms with Crippen LogP contribution in [0.4, 0.5) is 0 Å². The number of furan rings is 1. The molecule has 1 aromatic carbocycles. The minimum atomic E-state index is -0.0661. The highest BCUT2D eigenvalue weighted by Crippen LogP contribution is 2.19. The van der Waals surface area contributed by atoms with Crippen LogP contribution in [0.2, 0.25) is 0 Å². The number of carbonyl (C=O) groups excluding carboxylic acids is 1. The lowest BCUT2D eigenvalue weighted by atomic mass is 10.0. The number of nitrogens with zero attached hydrogens (tertiary/aromatic N) is 2. The molecular weight excluding hydrogens is 324 g/mol. The number of hydrogen-bond donors (Lipinski definition) is 0. The molecular formula is C22H26N2O2. The van der Waals surface area contributed by atoms with E-state index in [-0.39, 0.29) is 11.9 Å². The first-order chi connectivity index (χ1) is 12.6. The molecule has 2 heterocycles. The van der Waals surface area contributed by atoms with Gasteiger partial charge < -0.3 is 13.9 Å². The molecule has 0 bridgehead atoms. The molecule has 0 aliphatic rings. The Hall–Kier alpha value is -2.75. The summed E-state index contributed by atoms with van der Waals surface area (Å²) in [5.41, 5.74) is 2.35. The Morgan fingerprint density at radius 1 is 1.04 bits per heavy atom. The molecule has 1 unspecified atom stereocenters. The summed E-state index contributed by atoms with van der Waals surface area (Å²) >= 11 is 0. The summed E-state index contributed by atoms with van der Waals surface area (Å²) in [6.45, 7) is 7.71. The lowest BCUT2D eigenvalue weighted by Crippen LogP contribution is -2.41. The zero-order chi connectivity index (χ0) is 18.5. The van der Waals surface area contributed by atoms with Crippen LogP contribution in [-0.2, 0) is 13.1 Å². The van der Waals surface area contributed by atoms with Gasteiger partial charge >= 0.3 is 0 Å². The second-order valence-corrected chi connectivity index (χ2v) is 7.01. The van der Waals surface area contributed by atoms with Crippen LogP contribution in [0.15, 0.2) is 71.5 Å². The third-order valence-electron chi connectivity index (χ3n) is 4.90. The molecule has 136 valence electrons. The monoisotopic (exact) mass is 350 g/mol. The van der Waals surface area contributed by atoms with Crippen molar-refractivity contribution in [2.45, 2.75) is 39.9 Å². The van der Waals surface area contributed by atoms with Crippen molar-refractivity contribution in [3.63, 3.8) is 0 Å². The van der Waals surface area contributed by atoms with E-state index in [2.05, 4.69) is 49.7 Å². The van der Waals surface area contributed by atoms with Gasteiger partial charge in [0.15, 0.2) is 5.76 Å². The lowest BCUT2D eigenvalue weighted by Gasteiger charge is -2.31.